The third-order valence-corrected chi connectivity index (χ3v) is 5.38. The number of benzene rings is 3. The number of phenolic OH excluding ortho intramolecular Hbond substituents is 1. The molecule has 0 aromatic heterocycles. The Bertz CT molecular complexity index is 871. The minimum Gasteiger partial charge on any atom is -0.508 e. The van der Waals surface area contributed by atoms with Gasteiger partial charge in [0, 0.05) is 10.0 Å². The van der Waals surface area contributed by atoms with Crippen molar-refractivity contribution >= 4 is 26.7 Å². The van der Waals surface area contributed by atoms with E-state index in [4.69, 9.17) is 0 Å². The second kappa shape index (κ2) is 6.58. The van der Waals surface area contributed by atoms with E-state index >= 15 is 0 Å². The summed E-state index contributed by atoms with van der Waals surface area (Å²) in [6.45, 7) is 2.14. The summed E-state index contributed by atoms with van der Waals surface area (Å²) in [6.07, 6.45) is 2.44. The van der Waals surface area contributed by atoms with Crippen molar-refractivity contribution in [2.24, 2.45) is 0 Å². The van der Waals surface area contributed by atoms with E-state index < -0.39 is 0 Å². The van der Waals surface area contributed by atoms with Crippen LogP contribution in [0.15, 0.2) is 65.1 Å². The van der Waals surface area contributed by atoms with Gasteiger partial charge in [-0.05, 0) is 60.5 Å². The van der Waals surface area contributed by atoms with E-state index in [0.29, 0.717) is 5.75 Å². The Balaban J connectivity index is 1.95. The zero-order valence-electron chi connectivity index (χ0n) is 13.5. The summed E-state index contributed by atoms with van der Waals surface area (Å²) in [6, 6.07) is 20.7. The van der Waals surface area contributed by atoms with Gasteiger partial charge in [-0.25, -0.2) is 0 Å². The minimum atomic E-state index is 0.0797. The Morgan fingerprint density at radius 1 is 0.917 bits per heavy atom. The van der Waals surface area contributed by atoms with Gasteiger partial charge >= 0.3 is 0 Å². The van der Waals surface area contributed by atoms with Crippen molar-refractivity contribution in [1.29, 1.82) is 0 Å². The molecular formula is C21H20BrNO. The molecule has 1 atom stereocenters. The molecule has 0 bridgehead atoms. The third kappa shape index (κ3) is 2.83. The quantitative estimate of drug-likeness (QED) is 0.647. The number of fused-ring (bicyclic) bond motifs is 1. The molecule has 0 aliphatic carbocycles. The van der Waals surface area contributed by atoms with Crippen molar-refractivity contribution in [2.45, 2.75) is 18.9 Å². The van der Waals surface area contributed by atoms with Gasteiger partial charge in [0.05, 0.1) is 6.04 Å². The van der Waals surface area contributed by atoms with E-state index in [1.807, 2.05) is 30.3 Å². The maximum absolute atomic E-state index is 10.7. The lowest BCUT2D eigenvalue weighted by molar-refractivity contribution is 0.277. The SMILES string of the molecule is Oc1ccc2ccccc2c1C(c1cccc(Br)c1)N1CCCC1. The Hall–Kier alpha value is -1.84. The molecular weight excluding hydrogens is 362 g/mol. The van der Waals surface area contributed by atoms with Crippen molar-refractivity contribution in [3.8, 4) is 5.75 Å². The van der Waals surface area contributed by atoms with Gasteiger partial charge in [-0.1, -0.05) is 58.4 Å². The Morgan fingerprint density at radius 2 is 1.71 bits per heavy atom. The molecule has 24 heavy (non-hydrogen) atoms. The first-order valence-electron chi connectivity index (χ1n) is 8.44. The van der Waals surface area contributed by atoms with Gasteiger partial charge in [-0.15, -0.1) is 0 Å². The van der Waals surface area contributed by atoms with Crippen LogP contribution in [-0.2, 0) is 0 Å². The van der Waals surface area contributed by atoms with Crippen LogP contribution >= 0.6 is 15.9 Å². The van der Waals surface area contributed by atoms with Crippen molar-refractivity contribution in [1.82, 2.24) is 4.90 Å². The summed E-state index contributed by atoms with van der Waals surface area (Å²) in [5.74, 6) is 0.380. The van der Waals surface area contributed by atoms with Crippen LogP contribution in [0.2, 0.25) is 0 Å². The van der Waals surface area contributed by atoms with Crippen LogP contribution in [0.5, 0.6) is 5.75 Å². The van der Waals surface area contributed by atoms with Crippen LogP contribution in [0.3, 0.4) is 0 Å². The molecule has 0 radical (unpaired) electrons. The number of rotatable bonds is 3. The number of likely N-dealkylation sites (tertiary alicyclic amines) is 1. The zero-order chi connectivity index (χ0) is 16.5. The maximum atomic E-state index is 10.7. The summed E-state index contributed by atoms with van der Waals surface area (Å²) in [5, 5.41) is 13.0. The molecule has 1 heterocycles. The Kier molecular flexibility index (Phi) is 4.30. The monoisotopic (exact) mass is 381 g/mol. The summed E-state index contributed by atoms with van der Waals surface area (Å²) in [7, 11) is 0. The van der Waals surface area contributed by atoms with Gasteiger partial charge < -0.3 is 5.11 Å². The number of phenols is 1. The first-order valence-corrected chi connectivity index (χ1v) is 9.23. The van der Waals surface area contributed by atoms with Crippen molar-refractivity contribution in [3.05, 3.63) is 76.3 Å². The first-order chi connectivity index (χ1) is 11.7. The highest BCUT2D eigenvalue weighted by Gasteiger charge is 2.28. The molecule has 0 spiro atoms. The van der Waals surface area contributed by atoms with E-state index in [1.165, 1.54) is 23.8 Å². The van der Waals surface area contributed by atoms with E-state index in [2.05, 4.69) is 51.2 Å². The van der Waals surface area contributed by atoms with E-state index in [1.54, 1.807) is 0 Å². The molecule has 0 amide bonds. The lowest BCUT2D eigenvalue weighted by Crippen LogP contribution is -2.26. The van der Waals surface area contributed by atoms with Crippen molar-refractivity contribution in [2.75, 3.05) is 13.1 Å². The van der Waals surface area contributed by atoms with Gasteiger partial charge in [0.25, 0.3) is 0 Å². The highest BCUT2D eigenvalue weighted by molar-refractivity contribution is 9.10. The maximum Gasteiger partial charge on any atom is 0.121 e. The first kappa shape index (κ1) is 15.7. The molecule has 1 aliphatic heterocycles. The van der Waals surface area contributed by atoms with Gasteiger partial charge in [0.15, 0.2) is 0 Å². The van der Waals surface area contributed by atoms with Crippen LogP contribution < -0.4 is 0 Å². The molecule has 122 valence electrons. The topological polar surface area (TPSA) is 23.5 Å². The molecule has 1 N–H and O–H groups in total. The molecule has 1 saturated heterocycles. The van der Waals surface area contributed by atoms with E-state index in [0.717, 1.165) is 28.5 Å². The van der Waals surface area contributed by atoms with Gasteiger partial charge in [-0.3, -0.25) is 4.90 Å². The fourth-order valence-electron chi connectivity index (χ4n) is 3.81. The standard InChI is InChI=1S/C21H20BrNO/c22-17-8-5-7-16(14-17)21(23-12-3-4-13-23)20-18-9-2-1-6-15(18)10-11-19(20)24/h1-2,5-11,14,21,24H,3-4,12-13H2. The molecule has 2 nitrogen and oxygen atoms in total. The summed E-state index contributed by atoms with van der Waals surface area (Å²) in [5.41, 5.74) is 2.24. The number of halogens is 1. The highest BCUT2D eigenvalue weighted by Crippen LogP contribution is 2.41. The van der Waals surface area contributed by atoms with E-state index in [-0.39, 0.29) is 6.04 Å². The lowest BCUT2D eigenvalue weighted by atomic mass is 9.92. The van der Waals surface area contributed by atoms with Gasteiger partial charge in [-0.2, -0.15) is 0 Å². The van der Waals surface area contributed by atoms with Gasteiger partial charge in [0.1, 0.15) is 5.75 Å². The lowest BCUT2D eigenvalue weighted by Gasteiger charge is -2.30. The molecule has 1 aliphatic rings. The Morgan fingerprint density at radius 3 is 2.50 bits per heavy atom. The number of hydrogen-bond acceptors (Lipinski definition) is 2. The molecule has 1 unspecified atom stereocenters. The fraction of sp³-hybridized carbons (Fsp3) is 0.238. The highest BCUT2D eigenvalue weighted by atomic mass is 79.9. The molecule has 3 aromatic rings. The number of nitrogens with zero attached hydrogens (tertiary/aromatic N) is 1. The van der Waals surface area contributed by atoms with Crippen LogP contribution in [-0.4, -0.2) is 23.1 Å². The van der Waals surface area contributed by atoms with Crippen LogP contribution in [0.4, 0.5) is 0 Å². The van der Waals surface area contributed by atoms with Crippen LogP contribution in [0, 0.1) is 0 Å². The third-order valence-electron chi connectivity index (χ3n) is 4.89. The molecule has 3 aromatic carbocycles. The average Bonchev–Trinajstić information content (AvgIpc) is 3.11. The van der Waals surface area contributed by atoms with E-state index in [9.17, 15) is 5.11 Å². The predicted molar refractivity (Wildman–Crippen MR) is 102 cm³/mol. The second-order valence-electron chi connectivity index (χ2n) is 6.42. The smallest absolute Gasteiger partial charge is 0.121 e. The summed E-state index contributed by atoms with van der Waals surface area (Å²) < 4.78 is 1.07. The average molecular weight is 382 g/mol. The van der Waals surface area contributed by atoms with Crippen LogP contribution in [0.25, 0.3) is 10.8 Å². The Labute approximate surface area is 150 Å². The largest absolute Gasteiger partial charge is 0.508 e. The number of hydrogen-bond donors (Lipinski definition) is 1. The molecule has 3 heteroatoms. The summed E-state index contributed by atoms with van der Waals surface area (Å²) in [4.78, 5) is 2.49. The molecule has 4 rings (SSSR count). The van der Waals surface area contributed by atoms with Crippen molar-refractivity contribution < 1.29 is 5.11 Å². The van der Waals surface area contributed by atoms with Crippen LogP contribution in [0.1, 0.15) is 30.0 Å². The molecule has 1 fully saturated rings. The second-order valence-corrected chi connectivity index (χ2v) is 7.34. The molecule has 0 saturated carbocycles. The van der Waals surface area contributed by atoms with Crippen molar-refractivity contribution in [3.63, 3.8) is 0 Å². The van der Waals surface area contributed by atoms with Gasteiger partial charge in [0.2, 0.25) is 0 Å². The summed E-state index contributed by atoms with van der Waals surface area (Å²) >= 11 is 3.60. The normalized spacial score (nSPS) is 16.5. The fourth-order valence-corrected chi connectivity index (χ4v) is 4.22. The number of aromatic hydroxyl groups is 1. The zero-order valence-corrected chi connectivity index (χ0v) is 15.0. The predicted octanol–water partition coefficient (Wildman–Crippen LogP) is 5.49. The minimum absolute atomic E-state index is 0.0797.